The topological polar surface area (TPSA) is 95.3 Å². The molecular formula is C13H17BrN2O4. The van der Waals surface area contributed by atoms with E-state index in [4.69, 9.17) is 0 Å². The molecule has 1 saturated carbocycles. The van der Waals surface area contributed by atoms with Gasteiger partial charge in [0.25, 0.3) is 5.56 Å². The maximum Gasteiger partial charge on any atom is 0.328 e. The first kappa shape index (κ1) is 15.2. The van der Waals surface area contributed by atoms with E-state index in [-0.39, 0.29) is 31.1 Å². The Kier molecular flexibility index (Phi) is 4.95. The molecule has 6 nitrogen and oxygen atoms in total. The van der Waals surface area contributed by atoms with Crippen molar-refractivity contribution < 1.29 is 10.2 Å². The summed E-state index contributed by atoms with van der Waals surface area (Å²) in [6.45, 7) is -0.0981. The molecule has 0 aromatic carbocycles. The average molecular weight is 345 g/mol. The smallest absolute Gasteiger partial charge is 0.328 e. The van der Waals surface area contributed by atoms with Gasteiger partial charge in [0.05, 0.1) is 5.56 Å². The summed E-state index contributed by atoms with van der Waals surface area (Å²) in [6.07, 6.45) is 4.51. The Morgan fingerprint density at radius 3 is 2.70 bits per heavy atom. The zero-order valence-electron chi connectivity index (χ0n) is 10.8. The van der Waals surface area contributed by atoms with E-state index in [1.165, 1.54) is 10.8 Å². The van der Waals surface area contributed by atoms with Crippen LogP contribution in [0.3, 0.4) is 0 Å². The van der Waals surface area contributed by atoms with Gasteiger partial charge in [0.1, 0.15) is 0 Å². The van der Waals surface area contributed by atoms with Crippen molar-refractivity contribution in [1.29, 1.82) is 0 Å². The van der Waals surface area contributed by atoms with Crippen LogP contribution in [-0.2, 0) is 0 Å². The number of aliphatic hydroxyl groups excluding tert-OH is 2. The molecule has 0 amide bonds. The minimum absolute atomic E-state index is 0.00596. The lowest BCUT2D eigenvalue weighted by molar-refractivity contribution is 0.119. The lowest BCUT2D eigenvalue weighted by Gasteiger charge is -2.23. The molecule has 0 spiro atoms. The maximum atomic E-state index is 12.0. The van der Waals surface area contributed by atoms with Gasteiger partial charge in [0.2, 0.25) is 0 Å². The summed E-state index contributed by atoms with van der Waals surface area (Å²) in [7, 11) is 0. The van der Waals surface area contributed by atoms with Crippen molar-refractivity contribution in [2.45, 2.75) is 18.9 Å². The van der Waals surface area contributed by atoms with E-state index < -0.39 is 11.2 Å². The van der Waals surface area contributed by atoms with Crippen molar-refractivity contribution in [2.75, 3.05) is 13.2 Å². The highest BCUT2D eigenvalue weighted by Crippen LogP contribution is 2.39. The van der Waals surface area contributed by atoms with Crippen molar-refractivity contribution in [3.05, 3.63) is 37.6 Å². The summed E-state index contributed by atoms with van der Waals surface area (Å²) in [5.41, 5.74) is -0.562. The summed E-state index contributed by atoms with van der Waals surface area (Å²) in [4.78, 5) is 27.4. The number of nitrogens with one attached hydrogen (secondary N) is 1. The Morgan fingerprint density at radius 1 is 1.35 bits per heavy atom. The Hall–Kier alpha value is -1.18. The molecule has 0 saturated heterocycles. The number of aliphatic hydroxyl groups is 2. The highest BCUT2D eigenvalue weighted by Gasteiger charge is 2.36. The normalized spacial score (nSPS) is 26.4. The molecule has 7 heteroatoms. The third-order valence-corrected chi connectivity index (χ3v) is 4.24. The van der Waals surface area contributed by atoms with Crippen molar-refractivity contribution in [3.8, 4) is 0 Å². The van der Waals surface area contributed by atoms with Crippen molar-refractivity contribution in [3.63, 3.8) is 0 Å². The van der Waals surface area contributed by atoms with Gasteiger partial charge in [0.15, 0.2) is 0 Å². The summed E-state index contributed by atoms with van der Waals surface area (Å²) in [6, 6.07) is -0.205. The van der Waals surface area contributed by atoms with Crippen LogP contribution in [0.2, 0.25) is 0 Å². The fourth-order valence-electron chi connectivity index (χ4n) is 2.90. The van der Waals surface area contributed by atoms with Gasteiger partial charge >= 0.3 is 5.69 Å². The number of rotatable bonds is 4. The van der Waals surface area contributed by atoms with Crippen LogP contribution < -0.4 is 11.2 Å². The Bertz CT molecular complexity index is 607. The monoisotopic (exact) mass is 344 g/mol. The lowest BCUT2D eigenvalue weighted by Crippen LogP contribution is -2.36. The van der Waals surface area contributed by atoms with Crippen molar-refractivity contribution >= 4 is 22.0 Å². The van der Waals surface area contributed by atoms with Crippen LogP contribution in [0.25, 0.3) is 6.08 Å². The molecule has 0 aliphatic heterocycles. The summed E-state index contributed by atoms with van der Waals surface area (Å²) in [5, 5.41) is 18.8. The summed E-state index contributed by atoms with van der Waals surface area (Å²) < 4.78 is 1.46. The molecule has 20 heavy (non-hydrogen) atoms. The lowest BCUT2D eigenvalue weighted by atomic mass is 9.95. The SMILES string of the molecule is O=c1[nH]c(=O)n(C2CCC(CO)C2CO)cc1C=CBr. The van der Waals surface area contributed by atoms with E-state index in [0.717, 1.165) is 6.42 Å². The second-order valence-corrected chi connectivity index (χ2v) is 5.51. The first-order chi connectivity index (χ1) is 9.62. The predicted octanol–water partition coefficient (Wildman–Crippen LogP) is 0.454. The molecule has 110 valence electrons. The minimum Gasteiger partial charge on any atom is -0.396 e. The number of nitrogens with zero attached hydrogens (tertiary/aromatic N) is 1. The van der Waals surface area contributed by atoms with Gasteiger partial charge in [-0.25, -0.2) is 4.79 Å². The highest BCUT2D eigenvalue weighted by atomic mass is 79.9. The predicted molar refractivity (Wildman–Crippen MR) is 78.7 cm³/mol. The van der Waals surface area contributed by atoms with E-state index in [0.29, 0.717) is 12.0 Å². The van der Waals surface area contributed by atoms with Gasteiger partial charge in [-0.15, -0.1) is 0 Å². The molecule has 3 unspecified atom stereocenters. The van der Waals surface area contributed by atoms with E-state index in [1.54, 1.807) is 11.1 Å². The van der Waals surface area contributed by atoms with Crippen molar-refractivity contribution in [1.82, 2.24) is 9.55 Å². The molecule has 1 fully saturated rings. The molecule has 0 bridgehead atoms. The van der Waals surface area contributed by atoms with Gasteiger partial charge < -0.3 is 10.2 Å². The number of halogens is 1. The molecule has 1 aliphatic rings. The third-order valence-electron chi connectivity index (χ3n) is 3.97. The molecule has 1 aromatic heterocycles. The largest absolute Gasteiger partial charge is 0.396 e. The number of hydrogen-bond acceptors (Lipinski definition) is 4. The summed E-state index contributed by atoms with van der Waals surface area (Å²) in [5.74, 6) is -0.191. The standard InChI is InChI=1S/C13H17BrN2O4/c14-4-3-8-5-16(13(20)15-12(8)19)11-2-1-9(6-17)10(11)7-18/h3-5,9-11,17-18H,1-2,6-7H2,(H,15,19,20). The van der Waals surface area contributed by atoms with E-state index >= 15 is 0 Å². The van der Waals surface area contributed by atoms with Gasteiger partial charge in [-0.2, -0.15) is 0 Å². The van der Waals surface area contributed by atoms with Gasteiger partial charge in [-0.1, -0.05) is 15.9 Å². The molecular weight excluding hydrogens is 328 g/mol. The second kappa shape index (κ2) is 6.51. The maximum absolute atomic E-state index is 12.0. The molecule has 1 heterocycles. The second-order valence-electron chi connectivity index (χ2n) is 4.98. The first-order valence-electron chi connectivity index (χ1n) is 6.46. The Labute approximate surface area is 123 Å². The zero-order valence-corrected chi connectivity index (χ0v) is 12.4. The average Bonchev–Trinajstić information content (AvgIpc) is 2.84. The van der Waals surface area contributed by atoms with Crippen LogP contribution in [0.5, 0.6) is 0 Å². The van der Waals surface area contributed by atoms with Crippen LogP contribution in [0.4, 0.5) is 0 Å². The Morgan fingerprint density at radius 2 is 2.10 bits per heavy atom. The zero-order chi connectivity index (χ0) is 14.7. The first-order valence-corrected chi connectivity index (χ1v) is 7.37. The number of aromatic nitrogens is 2. The Balaban J connectivity index is 2.45. The quantitative estimate of drug-likeness (QED) is 0.739. The molecule has 3 N–H and O–H groups in total. The van der Waals surface area contributed by atoms with Gasteiger partial charge in [0, 0.05) is 31.4 Å². The van der Waals surface area contributed by atoms with E-state index in [9.17, 15) is 19.8 Å². The molecule has 2 rings (SSSR count). The molecule has 1 aromatic rings. The van der Waals surface area contributed by atoms with E-state index in [2.05, 4.69) is 20.9 Å². The van der Waals surface area contributed by atoms with Crippen LogP contribution in [0.15, 0.2) is 20.8 Å². The number of aromatic amines is 1. The van der Waals surface area contributed by atoms with Crippen molar-refractivity contribution in [2.24, 2.45) is 11.8 Å². The van der Waals surface area contributed by atoms with Gasteiger partial charge in [-0.3, -0.25) is 14.3 Å². The van der Waals surface area contributed by atoms with Crippen LogP contribution in [-0.4, -0.2) is 33.0 Å². The molecule has 0 radical (unpaired) electrons. The number of H-pyrrole nitrogens is 1. The van der Waals surface area contributed by atoms with Crippen LogP contribution in [0, 0.1) is 11.8 Å². The number of hydrogen-bond donors (Lipinski definition) is 3. The third kappa shape index (κ3) is 2.79. The van der Waals surface area contributed by atoms with Gasteiger partial charge in [-0.05, 0) is 29.8 Å². The van der Waals surface area contributed by atoms with Crippen LogP contribution in [0.1, 0.15) is 24.4 Å². The molecule has 1 aliphatic carbocycles. The fraction of sp³-hybridized carbons (Fsp3) is 0.538. The fourth-order valence-corrected chi connectivity index (χ4v) is 3.19. The molecule has 3 atom stereocenters. The minimum atomic E-state index is -0.483. The van der Waals surface area contributed by atoms with E-state index in [1.807, 2.05) is 0 Å². The summed E-state index contributed by atoms with van der Waals surface area (Å²) >= 11 is 3.10. The van der Waals surface area contributed by atoms with Crippen LogP contribution >= 0.6 is 15.9 Å². The highest BCUT2D eigenvalue weighted by molar-refractivity contribution is 9.11.